The quantitative estimate of drug-likeness (QED) is 0.339. The molecule has 1 unspecified atom stereocenters. The van der Waals surface area contributed by atoms with Gasteiger partial charge in [0.2, 0.25) is 0 Å². The van der Waals surface area contributed by atoms with E-state index in [1.807, 2.05) is 6.07 Å². The highest BCUT2D eigenvalue weighted by Gasteiger charge is 2.28. The Morgan fingerprint density at radius 2 is 1.70 bits per heavy atom. The zero-order valence-corrected chi connectivity index (χ0v) is 20.7. The molecule has 0 radical (unpaired) electrons. The number of hydrogen-bond donors (Lipinski definition) is 0. The third-order valence-electron chi connectivity index (χ3n) is 5.58. The van der Waals surface area contributed by atoms with Gasteiger partial charge >= 0.3 is 11.9 Å². The molecule has 2 aromatic rings. The fraction of sp³-hybridized carbons (Fsp3) is 0.440. The van der Waals surface area contributed by atoms with Crippen molar-refractivity contribution >= 4 is 35.1 Å². The molecule has 0 aliphatic heterocycles. The van der Waals surface area contributed by atoms with Crippen LogP contribution >= 0.6 is 23.2 Å². The lowest BCUT2D eigenvalue weighted by Gasteiger charge is -2.35. The van der Waals surface area contributed by atoms with E-state index in [2.05, 4.69) is 11.8 Å². The highest BCUT2D eigenvalue weighted by atomic mass is 35.5. The van der Waals surface area contributed by atoms with Gasteiger partial charge in [-0.3, -0.25) is 14.5 Å². The van der Waals surface area contributed by atoms with Gasteiger partial charge < -0.3 is 14.2 Å². The van der Waals surface area contributed by atoms with Crippen molar-refractivity contribution in [2.75, 3.05) is 19.7 Å². The second-order valence-electron chi connectivity index (χ2n) is 8.05. The molecule has 178 valence electrons. The maximum atomic E-state index is 11.7. The van der Waals surface area contributed by atoms with Gasteiger partial charge in [-0.1, -0.05) is 42.3 Å². The van der Waals surface area contributed by atoms with E-state index in [1.165, 1.54) is 13.8 Å². The first-order valence-corrected chi connectivity index (χ1v) is 11.9. The van der Waals surface area contributed by atoms with Crippen molar-refractivity contribution in [1.82, 2.24) is 4.90 Å². The second kappa shape index (κ2) is 11.7. The minimum atomic E-state index is -0.454. The molecule has 0 amide bonds. The Bertz CT molecular complexity index is 990. The summed E-state index contributed by atoms with van der Waals surface area (Å²) in [7, 11) is 0. The van der Waals surface area contributed by atoms with Gasteiger partial charge in [-0.2, -0.15) is 0 Å². The van der Waals surface area contributed by atoms with Gasteiger partial charge in [-0.25, -0.2) is 0 Å². The number of halogens is 2. The first-order valence-electron chi connectivity index (χ1n) is 11.1. The van der Waals surface area contributed by atoms with E-state index >= 15 is 0 Å². The molecular weight excluding hydrogens is 465 g/mol. The van der Waals surface area contributed by atoms with Gasteiger partial charge in [-0.15, -0.1) is 0 Å². The topological polar surface area (TPSA) is 65.1 Å². The highest BCUT2D eigenvalue weighted by Crippen LogP contribution is 2.39. The predicted octanol–water partition coefficient (Wildman–Crippen LogP) is 5.49. The van der Waals surface area contributed by atoms with Crippen LogP contribution in [0.1, 0.15) is 44.7 Å². The molecule has 0 N–H and O–H groups in total. The summed E-state index contributed by atoms with van der Waals surface area (Å²) in [5, 5.41) is 0.996. The number of benzene rings is 2. The molecule has 0 saturated carbocycles. The van der Waals surface area contributed by atoms with E-state index < -0.39 is 11.9 Å². The molecule has 3 rings (SSSR count). The molecule has 33 heavy (non-hydrogen) atoms. The fourth-order valence-electron chi connectivity index (χ4n) is 4.23. The lowest BCUT2D eigenvalue weighted by atomic mass is 9.86. The standard InChI is InChI=1S/C25H29Cl2NO5/c1-4-12-28(13-14-31-25-21(26)6-5-7-22(25)27)19-9-10-20-18(15-19)8-11-23(32-16(2)29)24(20)33-17(3)30/h5-8,11,19H,4,9-10,12-15H2,1-3H3. The van der Waals surface area contributed by atoms with Crippen LogP contribution in [0.15, 0.2) is 30.3 Å². The van der Waals surface area contributed by atoms with Crippen molar-refractivity contribution in [2.24, 2.45) is 0 Å². The number of carbonyl (C=O) groups excluding carboxylic acids is 2. The van der Waals surface area contributed by atoms with Crippen LogP contribution in [-0.4, -0.2) is 42.6 Å². The second-order valence-corrected chi connectivity index (χ2v) is 8.86. The zero-order valence-electron chi connectivity index (χ0n) is 19.2. The van der Waals surface area contributed by atoms with Crippen molar-refractivity contribution < 1.29 is 23.8 Å². The van der Waals surface area contributed by atoms with E-state index in [-0.39, 0.29) is 5.75 Å². The van der Waals surface area contributed by atoms with Gasteiger partial charge in [0.25, 0.3) is 0 Å². The van der Waals surface area contributed by atoms with Gasteiger partial charge in [0, 0.05) is 32.0 Å². The molecule has 6 nitrogen and oxygen atoms in total. The molecule has 0 saturated heterocycles. The third kappa shape index (κ3) is 6.62. The van der Waals surface area contributed by atoms with Crippen molar-refractivity contribution in [3.63, 3.8) is 0 Å². The predicted molar refractivity (Wildman–Crippen MR) is 129 cm³/mol. The number of ether oxygens (including phenoxy) is 3. The van der Waals surface area contributed by atoms with Gasteiger partial charge in [0.1, 0.15) is 6.61 Å². The molecule has 0 spiro atoms. The van der Waals surface area contributed by atoms with E-state index in [4.69, 9.17) is 37.4 Å². The monoisotopic (exact) mass is 493 g/mol. The first kappa shape index (κ1) is 25.3. The first-order chi connectivity index (χ1) is 15.8. The number of nitrogens with zero attached hydrogens (tertiary/aromatic N) is 1. The van der Waals surface area contributed by atoms with E-state index in [1.54, 1.807) is 24.3 Å². The van der Waals surface area contributed by atoms with E-state index in [0.29, 0.717) is 34.2 Å². The Kier molecular flexibility index (Phi) is 9.01. The Labute approximate surface area is 204 Å². The molecular formula is C25H29Cl2NO5. The van der Waals surface area contributed by atoms with Crippen LogP contribution in [0.4, 0.5) is 0 Å². The van der Waals surface area contributed by atoms with Crippen LogP contribution in [-0.2, 0) is 22.4 Å². The Morgan fingerprint density at radius 1 is 1.00 bits per heavy atom. The summed E-state index contributed by atoms with van der Waals surface area (Å²) in [5.41, 5.74) is 2.02. The maximum absolute atomic E-state index is 11.7. The van der Waals surface area contributed by atoms with E-state index in [9.17, 15) is 9.59 Å². The molecule has 1 aliphatic carbocycles. The van der Waals surface area contributed by atoms with Gasteiger partial charge in [0.15, 0.2) is 17.2 Å². The number of carbonyl (C=O) groups is 2. The minimum absolute atomic E-state index is 0.283. The molecule has 1 atom stereocenters. The number of fused-ring (bicyclic) bond motifs is 1. The van der Waals surface area contributed by atoms with Crippen LogP contribution in [0.3, 0.4) is 0 Å². The van der Waals surface area contributed by atoms with Crippen LogP contribution in [0.25, 0.3) is 0 Å². The summed E-state index contributed by atoms with van der Waals surface area (Å²) < 4.78 is 16.6. The zero-order chi connectivity index (χ0) is 24.0. The van der Waals surface area contributed by atoms with Gasteiger partial charge in [0.05, 0.1) is 10.0 Å². The average molecular weight is 494 g/mol. The Morgan fingerprint density at radius 3 is 2.33 bits per heavy atom. The van der Waals surface area contributed by atoms with Crippen molar-refractivity contribution in [2.45, 2.75) is 52.5 Å². The van der Waals surface area contributed by atoms with Gasteiger partial charge in [-0.05, 0) is 56.0 Å². The summed E-state index contributed by atoms with van der Waals surface area (Å²) >= 11 is 12.4. The smallest absolute Gasteiger partial charge is 0.308 e. The van der Waals surface area contributed by atoms with Crippen molar-refractivity contribution in [1.29, 1.82) is 0 Å². The molecule has 1 aliphatic rings. The van der Waals surface area contributed by atoms with Crippen LogP contribution < -0.4 is 14.2 Å². The molecule has 2 aromatic carbocycles. The fourth-order valence-corrected chi connectivity index (χ4v) is 4.74. The summed E-state index contributed by atoms with van der Waals surface area (Å²) in [5.74, 6) is 0.250. The number of hydrogen-bond acceptors (Lipinski definition) is 6. The molecule has 0 fully saturated rings. The summed E-state index contributed by atoms with van der Waals surface area (Å²) in [6.45, 7) is 6.96. The SMILES string of the molecule is CCCN(CCOc1c(Cl)cccc1Cl)C1CCc2c(ccc(OC(C)=O)c2OC(C)=O)C1. The minimum Gasteiger partial charge on any atom is -0.489 e. The number of rotatable bonds is 9. The summed E-state index contributed by atoms with van der Waals surface area (Å²) in [6.07, 6.45) is 3.42. The number of esters is 2. The molecule has 0 heterocycles. The highest BCUT2D eigenvalue weighted by molar-refractivity contribution is 6.37. The molecule has 0 aromatic heterocycles. The lowest BCUT2D eigenvalue weighted by molar-refractivity contribution is -0.134. The largest absolute Gasteiger partial charge is 0.489 e. The summed E-state index contributed by atoms with van der Waals surface area (Å²) in [4.78, 5) is 25.6. The van der Waals surface area contributed by atoms with Crippen LogP contribution in [0.5, 0.6) is 17.2 Å². The third-order valence-corrected chi connectivity index (χ3v) is 6.17. The van der Waals surface area contributed by atoms with Crippen molar-refractivity contribution in [3.05, 3.63) is 51.5 Å². The van der Waals surface area contributed by atoms with E-state index in [0.717, 1.165) is 49.9 Å². The maximum Gasteiger partial charge on any atom is 0.308 e. The molecule has 0 bridgehead atoms. The Hall–Kier alpha value is -2.28. The number of para-hydroxylation sites is 1. The van der Waals surface area contributed by atoms with Crippen LogP contribution in [0, 0.1) is 0 Å². The normalized spacial score (nSPS) is 15.2. The molecule has 8 heteroatoms. The van der Waals surface area contributed by atoms with Crippen molar-refractivity contribution in [3.8, 4) is 17.2 Å². The Balaban J connectivity index is 1.73. The van der Waals surface area contributed by atoms with Crippen LogP contribution in [0.2, 0.25) is 10.0 Å². The summed E-state index contributed by atoms with van der Waals surface area (Å²) in [6, 6.07) is 9.28. The average Bonchev–Trinajstić information content (AvgIpc) is 2.75. The lowest BCUT2D eigenvalue weighted by Crippen LogP contribution is -2.42.